The van der Waals surface area contributed by atoms with Crippen molar-refractivity contribution in [1.82, 2.24) is 20.2 Å². The van der Waals surface area contributed by atoms with Gasteiger partial charge in [-0.25, -0.2) is 0 Å². The summed E-state index contributed by atoms with van der Waals surface area (Å²) < 4.78 is 0. The van der Waals surface area contributed by atoms with Crippen LogP contribution in [-0.2, 0) is 0 Å². The fraction of sp³-hybridized carbons (Fsp3) is 0.462. The molecule has 0 aliphatic carbocycles. The highest BCUT2D eigenvalue weighted by Crippen LogP contribution is 2.42. The summed E-state index contributed by atoms with van der Waals surface area (Å²) in [6.45, 7) is 7.50. The van der Waals surface area contributed by atoms with Crippen molar-refractivity contribution in [3.05, 3.63) is 12.3 Å². The van der Waals surface area contributed by atoms with Crippen LogP contribution in [0.3, 0.4) is 0 Å². The first-order valence-electron chi connectivity index (χ1n) is 6.62. The van der Waals surface area contributed by atoms with E-state index in [4.69, 9.17) is 5.73 Å². The third-order valence-electron chi connectivity index (χ3n) is 4.22. The van der Waals surface area contributed by atoms with Crippen LogP contribution in [-0.4, -0.2) is 32.8 Å². The molecule has 2 atom stereocenters. The van der Waals surface area contributed by atoms with E-state index in [1.54, 1.807) is 0 Å². The number of nitrogens with zero attached hydrogens (tertiary/aromatic N) is 4. The van der Waals surface area contributed by atoms with Crippen molar-refractivity contribution in [3.8, 4) is 0 Å². The van der Waals surface area contributed by atoms with Crippen molar-refractivity contribution in [2.45, 2.75) is 25.8 Å². The molecule has 2 aliphatic rings. The van der Waals surface area contributed by atoms with Crippen molar-refractivity contribution in [2.75, 3.05) is 17.2 Å². The molecular weight excluding hydrogens is 240 g/mol. The number of H-pyrrole nitrogens is 1. The predicted octanol–water partition coefficient (Wildman–Crippen LogP) is 1.57. The fourth-order valence-corrected chi connectivity index (χ4v) is 3.28. The van der Waals surface area contributed by atoms with E-state index in [9.17, 15) is 0 Å². The van der Waals surface area contributed by atoms with Crippen LogP contribution in [0.1, 0.15) is 25.5 Å². The number of nitrogens with two attached hydrogens (primary N) is 1. The van der Waals surface area contributed by atoms with Gasteiger partial charge >= 0.3 is 0 Å². The summed E-state index contributed by atoms with van der Waals surface area (Å²) in [6, 6.07) is 0.307. The highest BCUT2D eigenvalue weighted by Gasteiger charge is 2.37. The van der Waals surface area contributed by atoms with Crippen molar-refractivity contribution in [2.24, 2.45) is 5.92 Å². The average Bonchev–Trinajstić information content (AvgIpc) is 2.79. The number of hydrogen-bond donors (Lipinski definition) is 2. The standard InChI is InChI=1S/C13H16N6/c1-6-3-4-8-7(2)10-9-11(18-17-10)15-13(14)16-12(9)19(8)5-6/h6,8H,2-5H2,1H3,(H3,14,15,16,17,18). The minimum atomic E-state index is 0.282. The van der Waals surface area contributed by atoms with E-state index >= 15 is 0 Å². The van der Waals surface area contributed by atoms with Crippen LogP contribution >= 0.6 is 0 Å². The van der Waals surface area contributed by atoms with E-state index in [1.165, 1.54) is 6.42 Å². The minimum absolute atomic E-state index is 0.282. The van der Waals surface area contributed by atoms with Crippen molar-refractivity contribution in [1.29, 1.82) is 0 Å². The summed E-state index contributed by atoms with van der Waals surface area (Å²) >= 11 is 0. The zero-order valence-electron chi connectivity index (χ0n) is 10.8. The number of aromatic nitrogens is 4. The summed E-state index contributed by atoms with van der Waals surface area (Å²) in [7, 11) is 0. The lowest BCUT2D eigenvalue weighted by Crippen LogP contribution is -2.45. The summed E-state index contributed by atoms with van der Waals surface area (Å²) in [5.41, 5.74) is 8.50. The number of nitrogen functional groups attached to an aromatic ring is 1. The van der Waals surface area contributed by atoms with Crippen molar-refractivity contribution < 1.29 is 0 Å². The molecule has 19 heavy (non-hydrogen) atoms. The van der Waals surface area contributed by atoms with Crippen LogP contribution in [0, 0.1) is 5.92 Å². The molecular formula is C13H16N6. The topological polar surface area (TPSA) is 83.7 Å². The molecule has 6 nitrogen and oxygen atoms in total. The van der Waals surface area contributed by atoms with E-state index in [0.717, 1.165) is 35.4 Å². The predicted molar refractivity (Wildman–Crippen MR) is 74.7 cm³/mol. The van der Waals surface area contributed by atoms with Gasteiger partial charge in [-0.2, -0.15) is 15.1 Å². The normalized spacial score (nSPS) is 25.7. The molecule has 4 rings (SSSR count). The van der Waals surface area contributed by atoms with E-state index in [-0.39, 0.29) is 5.95 Å². The van der Waals surface area contributed by atoms with Gasteiger partial charge in [-0.05, 0) is 24.3 Å². The Balaban J connectivity index is 2.01. The summed E-state index contributed by atoms with van der Waals surface area (Å²) in [6.07, 6.45) is 2.32. The van der Waals surface area contributed by atoms with E-state index < -0.39 is 0 Å². The average molecular weight is 256 g/mol. The minimum Gasteiger partial charge on any atom is -0.368 e. The van der Waals surface area contributed by atoms with Crippen LogP contribution < -0.4 is 10.6 Å². The molecule has 0 aromatic carbocycles. The summed E-state index contributed by atoms with van der Waals surface area (Å²) in [5.74, 6) is 1.85. The lowest BCUT2D eigenvalue weighted by molar-refractivity contribution is 0.410. The Morgan fingerprint density at radius 3 is 3.05 bits per heavy atom. The molecule has 3 N–H and O–H groups in total. The van der Waals surface area contributed by atoms with Gasteiger partial charge < -0.3 is 10.6 Å². The molecule has 0 spiro atoms. The Morgan fingerprint density at radius 2 is 2.21 bits per heavy atom. The molecule has 0 saturated carbocycles. The van der Waals surface area contributed by atoms with Crippen molar-refractivity contribution in [3.63, 3.8) is 0 Å². The second-order valence-electron chi connectivity index (χ2n) is 5.58. The quantitative estimate of drug-likeness (QED) is 0.747. The number of aromatic amines is 1. The van der Waals surface area contributed by atoms with Gasteiger partial charge in [-0.3, -0.25) is 5.10 Å². The molecule has 6 heteroatoms. The zero-order chi connectivity index (χ0) is 13.1. The first-order valence-corrected chi connectivity index (χ1v) is 6.62. The van der Waals surface area contributed by atoms with Gasteiger partial charge in [0.25, 0.3) is 0 Å². The van der Waals surface area contributed by atoms with Crippen LogP contribution in [0.25, 0.3) is 16.6 Å². The summed E-state index contributed by atoms with van der Waals surface area (Å²) in [5, 5.41) is 8.24. The van der Waals surface area contributed by atoms with Gasteiger partial charge in [0.1, 0.15) is 5.82 Å². The maximum atomic E-state index is 5.80. The van der Waals surface area contributed by atoms with Crippen LogP contribution in [0.15, 0.2) is 6.58 Å². The molecule has 0 amide bonds. The molecule has 1 saturated heterocycles. The van der Waals surface area contributed by atoms with Crippen LogP contribution in [0.5, 0.6) is 0 Å². The lowest BCUT2D eigenvalue weighted by Gasteiger charge is -2.42. The second-order valence-corrected chi connectivity index (χ2v) is 5.58. The molecule has 1 fully saturated rings. The monoisotopic (exact) mass is 256 g/mol. The maximum absolute atomic E-state index is 5.80. The SMILES string of the molecule is C=C1c2[nH]nc3nc(N)nc(c23)N2CC(C)CCC12. The zero-order valence-corrected chi connectivity index (χ0v) is 10.8. The van der Waals surface area contributed by atoms with E-state index in [1.807, 2.05) is 0 Å². The molecule has 2 unspecified atom stereocenters. The van der Waals surface area contributed by atoms with Gasteiger partial charge in [0.05, 0.1) is 17.1 Å². The Labute approximate surface area is 110 Å². The highest BCUT2D eigenvalue weighted by atomic mass is 15.3. The number of rotatable bonds is 0. The lowest BCUT2D eigenvalue weighted by atomic mass is 9.86. The third kappa shape index (κ3) is 1.34. The smallest absolute Gasteiger partial charge is 0.224 e. The van der Waals surface area contributed by atoms with E-state index in [2.05, 4.69) is 38.6 Å². The largest absolute Gasteiger partial charge is 0.368 e. The Hall–Kier alpha value is -2.11. The number of hydrogen-bond acceptors (Lipinski definition) is 5. The third-order valence-corrected chi connectivity index (χ3v) is 4.22. The molecule has 2 aromatic rings. The van der Waals surface area contributed by atoms with Crippen molar-refractivity contribution >= 4 is 28.4 Å². The Morgan fingerprint density at radius 1 is 1.37 bits per heavy atom. The Bertz CT molecular complexity index is 688. The summed E-state index contributed by atoms with van der Waals surface area (Å²) in [4.78, 5) is 11.0. The van der Waals surface area contributed by atoms with Crippen LogP contribution in [0.2, 0.25) is 0 Å². The second kappa shape index (κ2) is 3.46. The van der Waals surface area contributed by atoms with Gasteiger partial charge in [0, 0.05) is 6.54 Å². The maximum Gasteiger partial charge on any atom is 0.224 e. The van der Waals surface area contributed by atoms with Gasteiger partial charge in [-0.1, -0.05) is 13.5 Å². The Kier molecular flexibility index (Phi) is 1.97. The molecule has 0 radical (unpaired) electrons. The highest BCUT2D eigenvalue weighted by molar-refractivity contribution is 6.01. The first kappa shape index (κ1) is 10.8. The molecule has 4 heterocycles. The van der Waals surface area contributed by atoms with Gasteiger partial charge in [0.15, 0.2) is 5.65 Å². The van der Waals surface area contributed by atoms with Gasteiger partial charge in [0.2, 0.25) is 5.95 Å². The first-order chi connectivity index (χ1) is 9.15. The molecule has 0 bridgehead atoms. The van der Waals surface area contributed by atoms with E-state index in [0.29, 0.717) is 17.6 Å². The number of piperidine rings is 1. The number of nitrogens with one attached hydrogen (secondary N) is 1. The molecule has 2 aromatic heterocycles. The van der Waals surface area contributed by atoms with Gasteiger partial charge in [-0.15, -0.1) is 0 Å². The molecule has 2 aliphatic heterocycles. The fourth-order valence-electron chi connectivity index (χ4n) is 3.28. The number of anilines is 2. The number of fused-ring (bicyclic) bond motifs is 2. The van der Waals surface area contributed by atoms with Crippen LogP contribution in [0.4, 0.5) is 11.8 Å². The molecule has 98 valence electrons.